The lowest BCUT2D eigenvalue weighted by Crippen LogP contribution is -2.45. The molecule has 0 bridgehead atoms. The first-order valence-corrected chi connectivity index (χ1v) is 8.80. The van der Waals surface area contributed by atoms with Crippen LogP contribution in [0.5, 0.6) is 0 Å². The number of hydrogen-bond donors (Lipinski definition) is 0. The van der Waals surface area contributed by atoms with Crippen molar-refractivity contribution in [2.45, 2.75) is 50.6 Å². The first kappa shape index (κ1) is 15.7. The van der Waals surface area contributed by atoms with Gasteiger partial charge in [0.05, 0.1) is 0 Å². The Labute approximate surface area is 141 Å². The predicted molar refractivity (Wildman–Crippen MR) is 90.8 cm³/mol. The van der Waals surface area contributed by atoms with E-state index in [9.17, 15) is 8.78 Å². The Hall–Kier alpha value is -1.81. The SMILES string of the molecule is C[C@@H]1CCCN1[C@H]1C[C@@H](c2ccc(-c3ccc(F)nc3F)cc2)C1. The summed E-state index contributed by atoms with van der Waals surface area (Å²) in [5.41, 5.74) is 2.41. The summed E-state index contributed by atoms with van der Waals surface area (Å²) < 4.78 is 26.7. The molecular weight excluding hydrogens is 306 g/mol. The molecule has 2 nitrogen and oxygen atoms in total. The minimum absolute atomic E-state index is 0.348. The number of benzene rings is 1. The second-order valence-corrected chi connectivity index (χ2v) is 7.15. The van der Waals surface area contributed by atoms with Crippen LogP contribution in [-0.2, 0) is 0 Å². The standard InChI is InChI=1S/C20H22F2N2/c1-13-3-2-10-24(13)17-11-16(12-17)14-4-6-15(7-5-14)18-8-9-19(21)23-20(18)22/h4-9,13,16-17H,2-3,10-12H2,1H3/t13-,16-,17+/m1/s1. The Bertz CT molecular complexity index is 723. The molecule has 0 amide bonds. The Morgan fingerprint density at radius 3 is 2.42 bits per heavy atom. The molecule has 1 aromatic heterocycles. The van der Waals surface area contributed by atoms with Crippen molar-refractivity contribution in [1.29, 1.82) is 0 Å². The van der Waals surface area contributed by atoms with E-state index < -0.39 is 11.9 Å². The molecule has 4 heteroatoms. The van der Waals surface area contributed by atoms with E-state index >= 15 is 0 Å². The zero-order valence-electron chi connectivity index (χ0n) is 13.9. The van der Waals surface area contributed by atoms with Crippen LogP contribution >= 0.6 is 0 Å². The maximum atomic E-state index is 13.8. The lowest BCUT2D eigenvalue weighted by molar-refractivity contribution is 0.103. The van der Waals surface area contributed by atoms with Crippen LogP contribution in [0, 0.1) is 11.9 Å². The summed E-state index contributed by atoms with van der Waals surface area (Å²) in [5, 5.41) is 0. The average Bonchev–Trinajstić information content (AvgIpc) is 2.93. The van der Waals surface area contributed by atoms with Gasteiger partial charge in [0.2, 0.25) is 11.9 Å². The molecule has 0 N–H and O–H groups in total. The molecule has 126 valence electrons. The highest BCUT2D eigenvalue weighted by atomic mass is 19.1. The van der Waals surface area contributed by atoms with Gasteiger partial charge in [-0.1, -0.05) is 24.3 Å². The Kier molecular flexibility index (Phi) is 4.09. The van der Waals surface area contributed by atoms with Crippen molar-refractivity contribution < 1.29 is 8.78 Å². The first-order chi connectivity index (χ1) is 11.6. The third-order valence-electron chi connectivity index (χ3n) is 5.69. The van der Waals surface area contributed by atoms with Crippen LogP contribution in [0.25, 0.3) is 11.1 Å². The van der Waals surface area contributed by atoms with Crippen molar-refractivity contribution in [3.8, 4) is 11.1 Å². The van der Waals surface area contributed by atoms with Gasteiger partial charge in [-0.25, -0.2) is 0 Å². The van der Waals surface area contributed by atoms with Crippen LogP contribution < -0.4 is 0 Å². The lowest BCUT2D eigenvalue weighted by Gasteiger charge is -2.43. The number of hydrogen-bond acceptors (Lipinski definition) is 2. The van der Waals surface area contributed by atoms with E-state index in [0.717, 1.165) is 17.6 Å². The monoisotopic (exact) mass is 328 g/mol. The quantitative estimate of drug-likeness (QED) is 0.755. The van der Waals surface area contributed by atoms with Gasteiger partial charge in [-0.15, -0.1) is 0 Å². The second kappa shape index (κ2) is 6.25. The molecule has 24 heavy (non-hydrogen) atoms. The van der Waals surface area contributed by atoms with Gasteiger partial charge in [-0.05, 0) is 68.3 Å². The topological polar surface area (TPSA) is 16.1 Å². The van der Waals surface area contributed by atoms with Crippen LogP contribution in [0.4, 0.5) is 8.78 Å². The molecule has 1 aliphatic heterocycles. The molecule has 4 rings (SSSR count). The summed E-state index contributed by atoms with van der Waals surface area (Å²) in [6, 6.07) is 12.1. The van der Waals surface area contributed by atoms with E-state index in [1.165, 1.54) is 49.9 Å². The van der Waals surface area contributed by atoms with Crippen molar-refractivity contribution in [2.75, 3.05) is 6.54 Å². The highest BCUT2D eigenvalue weighted by Crippen LogP contribution is 2.42. The van der Waals surface area contributed by atoms with E-state index in [1.54, 1.807) is 0 Å². The largest absolute Gasteiger partial charge is 0.298 e. The van der Waals surface area contributed by atoms with E-state index in [0.29, 0.717) is 11.5 Å². The molecule has 1 saturated heterocycles. The van der Waals surface area contributed by atoms with Crippen molar-refractivity contribution in [3.05, 3.63) is 53.9 Å². The minimum Gasteiger partial charge on any atom is -0.298 e. The smallest absolute Gasteiger partial charge is 0.223 e. The fourth-order valence-corrected chi connectivity index (χ4v) is 4.19. The number of pyridine rings is 1. The second-order valence-electron chi connectivity index (χ2n) is 7.15. The predicted octanol–water partition coefficient (Wildman–Crippen LogP) is 4.76. The molecule has 2 fully saturated rings. The summed E-state index contributed by atoms with van der Waals surface area (Å²) in [6.45, 7) is 3.58. The summed E-state index contributed by atoms with van der Waals surface area (Å²) in [7, 11) is 0. The number of rotatable bonds is 3. The normalized spacial score (nSPS) is 27.2. The Morgan fingerprint density at radius 1 is 1.04 bits per heavy atom. The van der Waals surface area contributed by atoms with Crippen LogP contribution in [0.2, 0.25) is 0 Å². The van der Waals surface area contributed by atoms with Gasteiger partial charge in [0, 0.05) is 17.6 Å². The van der Waals surface area contributed by atoms with Gasteiger partial charge in [0.25, 0.3) is 0 Å². The third kappa shape index (κ3) is 2.84. The van der Waals surface area contributed by atoms with Gasteiger partial charge in [0.1, 0.15) is 0 Å². The fourth-order valence-electron chi connectivity index (χ4n) is 4.19. The van der Waals surface area contributed by atoms with Crippen LogP contribution in [-0.4, -0.2) is 28.5 Å². The number of aromatic nitrogens is 1. The van der Waals surface area contributed by atoms with Crippen molar-refractivity contribution in [1.82, 2.24) is 9.88 Å². The maximum Gasteiger partial charge on any atom is 0.223 e. The van der Waals surface area contributed by atoms with Crippen LogP contribution in [0.3, 0.4) is 0 Å². The summed E-state index contributed by atoms with van der Waals surface area (Å²) >= 11 is 0. The highest BCUT2D eigenvalue weighted by Gasteiger charge is 2.37. The molecule has 1 saturated carbocycles. The van der Waals surface area contributed by atoms with Gasteiger partial charge in [-0.3, -0.25) is 4.90 Å². The molecule has 0 spiro atoms. The maximum absolute atomic E-state index is 13.8. The van der Waals surface area contributed by atoms with Crippen molar-refractivity contribution in [2.24, 2.45) is 0 Å². The molecule has 1 aliphatic carbocycles. The van der Waals surface area contributed by atoms with E-state index in [2.05, 4.69) is 28.9 Å². The molecule has 2 aromatic rings. The number of nitrogens with zero attached hydrogens (tertiary/aromatic N) is 2. The Balaban J connectivity index is 1.43. The molecular formula is C20H22F2N2. The first-order valence-electron chi connectivity index (χ1n) is 8.80. The summed E-state index contributed by atoms with van der Waals surface area (Å²) in [6.07, 6.45) is 5.09. The Morgan fingerprint density at radius 2 is 1.79 bits per heavy atom. The summed E-state index contributed by atoms with van der Waals surface area (Å²) in [4.78, 5) is 5.91. The van der Waals surface area contributed by atoms with Gasteiger partial charge >= 0.3 is 0 Å². The van der Waals surface area contributed by atoms with Crippen LogP contribution in [0.15, 0.2) is 36.4 Å². The van der Waals surface area contributed by atoms with E-state index in [4.69, 9.17) is 0 Å². The van der Waals surface area contributed by atoms with E-state index in [1.807, 2.05) is 12.1 Å². The molecule has 2 aliphatic rings. The summed E-state index contributed by atoms with van der Waals surface area (Å²) in [5.74, 6) is -0.938. The van der Waals surface area contributed by atoms with E-state index in [-0.39, 0.29) is 0 Å². The highest BCUT2D eigenvalue weighted by molar-refractivity contribution is 5.63. The molecule has 2 heterocycles. The van der Waals surface area contributed by atoms with Gasteiger partial charge in [0.15, 0.2) is 0 Å². The zero-order chi connectivity index (χ0) is 16.7. The molecule has 1 atom stereocenters. The zero-order valence-corrected chi connectivity index (χ0v) is 13.9. The molecule has 0 unspecified atom stereocenters. The molecule has 1 aromatic carbocycles. The van der Waals surface area contributed by atoms with Crippen LogP contribution in [0.1, 0.15) is 44.1 Å². The lowest BCUT2D eigenvalue weighted by atomic mass is 9.74. The third-order valence-corrected chi connectivity index (χ3v) is 5.69. The van der Waals surface area contributed by atoms with Crippen molar-refractivity contribution >= 4 is 0 Å². The average molecular weight is 328 g/mol. The van der Waals surface area contributed by atoms with Crippen molar-refractivity contribution in [3.63, 3.8) is 0 Å². The van der Waals surface area contributed by atoms with Gasteiger partial charge < -0.3 is 0 Å². The minimum atomic E-state index is -0.787. The van der Waals surface area contributed by atoms with Gasteiger partial charge in [-0.2, -0.15) is 13.8 Å². The fraction of sp³-hybridized carbons (Fsp3) is 0.450. The number of likely N-dealkylation sites (tertiary alicyclic amines) is 1. The number of halogens is 2. The molecule has 0 radical (unpaired) electrons.